The fourth-order valence-electron chi connectivity index (χ4n) is 0.910. The van der Waals surface area contributed by atoms with Crippen molar-refractivity contribution in [3.63, 3.8) is 0 Å². The van der Waals surface area contributed by atoms with Crippen molar-refractivity contribution in [1.82, 2.24) is 9.97 Å². The first kappa shape index (κ1) is 11.5. The van der Waals surface area contributed by atoms with Gasteiger partial charge in [-0.15, -0.1) is 0 Å². The maximum Gasteiger partial charge on any atom is 0.271 e. The number of hydrogen-bond acceptors (Lipinski definition) is 4. The second kappa shape index (κ2) is 4.78. The van der Waals surface area contributed by atoms with Gasteiger partial charge in [0.1, 0.15) is 0 Å². The Morgan fingerprint density at radius 1 is 0.933 bits per heavy atom. The average Bonchev–Trinajstić information content (AvgIpc) is 2.16. The van der Waals surface area contributed by atoms with Gasteiger partial charge < -0.3 is 0 Å². The van der Waals surface area contributed by atoms with Crippen LogP contribution >= 0.6 is 0 Å². The predicted molar refractivity (Wildman–Crippen MR) is 56.8 cm³/mol. The molecule has 2 aromatic rings. The van der Waals surface area contributed by atoms with E-state index in [1.807, 2.05) is 24.3 Å². The molecule has 1 aromatic heterocycles. The summed E-state index contributed by atoms with van der Waals surface area (Å²) in [4.78, 5) is 8.24. The Labute approximate surface area is 87.1 Å². The highest BCUT2D eigenvalue weighted by atomic mass is 32.2. The topological polar surface area (TPSA) is 112 Å². The molecule has 0 unspecified atom stereocenters. The molecule has 80 valence electrons. The van der Waals surface area contributed by atoms with E-state index in [4.69, 9.17) is 0 Å². The number of aromatic nitrogens is 2. The van der Waals surface area contributed by atoms with Crippen LogP contribution in [0.4, 0.5) is 0 Å². The fraction of sp³-hybridized carbons (Fsp3) is 0. The van der Waals surface area contributed by atoms with Gasteiger partial charge in [-0.25, -0.2) is 10.3 Å². The molecule has 0 aliphatic heterocycles. The van der Waals surface area contributed by atoms with Crippen LogP contribution in [0.1, 0.15) is 0 Å². The zero-order valence-electron chi connectivity index (χ0n) is 7.74. The minimum absolute atomic E-state index is 0.949. The van der Waals surface area contributed by atoms with Gasteiger partial charge in [-0.2, -0.15) is 8.42 Å². The van der Waals surface area contributed by atoms with Crippen LogP contribution in [0.5, 0.6) is 0 Å². The van der Waals surface area contributed by atoms with Crippen molar-refractivity contribution in [3.8, 4) is 0 Å². The second-order valence-electron chi connectivity index (χ2n) is 2.63. The Balaban J connectivity index is 0.000000195. The van der Waals surface area contributed by atoms with Gasteiger partial charge in [-0.05, 0) is 12.1 Å². The summed E-state index contributed by atoms with van der Waals surface area (Å²) in [5, 5.41) is 8.21. The van der Waals surface area contributed by atoms with Crippen molar-refractivity contribution in [3.05, 3.63) is 36.7 Å². The molecule has 0 atom stereocenters. The molecule has 1 aromatic carbocycles. The summed E-state index contributed by atoms with van der Waals surface area (Å²) in [6.07, 6.45) is 3.39. The molecule has 6 nitrogen and oxygen atoms in total. The lowest BCUT2D eigenvalue weighted by atomic mass is 10.3. The molecule has 2 rings (SSSR count). The molecular formula is C8H10N4O2S. The summed E-state index contributed by atoms with van der Waals surface area (Å²) in [5.41, 5.74) is 1.90. The van der Waals surface area contributed by atoms with Gasteiger partial charge in [-0.3, -0.25) is 9.97 Å². The lowest BCUT2D eigenvalue weighted by molar-refractivity contribution is 0.599. The molecule has 0 fully saturated rings. The zero-order valence-corrected chi connectivity index (χ0v) is 8.55. The number of benzene rings is 1. The van der Waals surface area contributed by atoms with Crippen LogP contribution in [0, 0.1) is 0 Å². The maximum atomic E-state index is 9.19. The molecule has 0 saturated heterocycles. The molecule has 0 saturated carbocycles. The molecule has 4 N–H and O–H groups in total. The van der Waals surface area contributed by atoms with Crippen molar-refractivity contribution in [2.24, 2.45) is 10.3 Å². The molecule has 0 radical (unpaired) electrons. The largest absolute Gasteiger partial charge is 0.271 e. The first-order valence-corrected chi connectivity index (χ1v) is 5.54. The fourth-order valence-corrected chi connectivity index (χ4v) is 0.910. The molecule has 1 heterocycles. The summed E-state index contributed by atoms with van der Waals surface area (Å²) in [7, 11) is -3.67. The van der Waals surface area contributed by atoms with Gasteiger partial charge in [0.25, 0.3) is 10.2 Å². The van der Waals surface area contributed by atoms with Gasteiger partial charge in [0.15, 0.2) is 0 Å². The third kappa shape index (κ3) is 5.01. The van der Waals surface area contributed by atoms with Crippen molar-refractivity contribution in [2.75, 3.05) is 0 Å². The first-order chi connectivity index (χ1) is 6.97. The van der Waals surface area contributed by atoms with E-state index in [0.29, 0.717) is 0 Å². The summed E-state index contributed by atoms with van der Waals surface area (Å²) in [6.45, 7) is 0. The number of nitrogens with two attached hydrogens (primary N) is 2. The minimum atomic E-state index is -3.67. The van der Waals surface area contributed by atoms with Crippen LogP contribution in [0.2, 0.25) is 0 Å². The molecule has 15 heavy (non-hydrogen) atoms. The van der Waals surface area contributed by atoms with E-state index in [2.05, 4.69) is 20.2 Å². The van der Waals surface area contributed by atoms with Gasteiger partial charge in [-0.1, -0.05) is 12.1 Å². The Bertz CT molecular complexity index is 468. The monoisotopic (exact) mass is 226 g/mol. The molecule has 0 amide bonds. The lowest BCUT2D eigenvalue weighted by Crippen LogP contribution is -2.21. The summed E-state index contributed by atoms with van der Waals surface area (Å²) in [6, 6.07) is 7.80. The standard InChI is InChI=1S/C8H6N2.H4N2O2S/c1-2-4-8-7(3-1)9-5-6-10-8;1-5(2,3)4/h1-6H;(H4,1,2,3,4). The van der Waals surface area contributed by atoms with E-state index in [0.717, 1.165) is 11.0 Å². The summed E-state index contributed by atoms with van der Waals surface area (Å²) >= 11 is 0. The van der Waals surface area contributed by atoms with Crippen LogP contribution in [0.15, 0.2) is 36.7 Å². The predicted octanol–water partition coefficient (Wildman–Crippen LogP) is -0.222. The average molecular weight is 226 g/mol. The zero-order chi connectivity index (χ0) is 11.3. The lowest BCUT2D eigenvalue weighted by Gasteiger charge is -1.90. The smallest absolute Gasteiger partial charge is 0.253 e. The molecule has 0 aliphatic carbocycles. The van der Waals surface area contributed by atoms with Crippen LogP contribution in [0.3, 0.4) is 0 Å². The molecule has 0 aliphatic rings. The van der Waals surface area contributed by atoms with Gasteiger partial charge in [0, 0.05) is 12.4 Å². The number of hydrogen-bond donors (Lipinski definition) is 2. The van der Waals surface area contributed by atoms with Crippen LogP contribution in [-0.2, 0) is 10.2 Å². The van der Waals surface area contributed by atoms with Crippen LogP contribution in [-0.4, -0.2) is 18.4 Å². The molecule has 0 bridgehead atoms. The molecular weight excluding hydrogens is 216 g/mol. The number of fused-ring (bicyclic) bond motifs is 1. The normalized spacial score (nSPS) is 10.5. The van der Waals surface area contributed by atoms with Crippen LogP contribution in [0.25, 0.3) is 11.0 Å². The summed E-state index contributed by atoms with van der Waals surface area (Å²) in [5.74, 6) is 0. The quantitative estimate of drug-likeness (QED) is 0.646. The SMILES string of the molecule is NS(N)(=O)=O.c1ccc2nccnc2c1. The second-order valence-corrected chi connectivity index (χ2v) is 3.81. The summed E-state index contributed by atoms with van der Waals surface area (Å²) < 4.78 is 18.4. The third-order valence-corrected chi connectivity index (χ3v) is 1.38. The Morgan fingerprint density at radius 3 is 1.60 bits per heavy atom. The number of rotatable bonds is 0. The van der Waals surface area contributed by atoms with E-state index in [-0.39, 0.29) is 0 Å². The van der Waals surface area contributed by atoms with E-state index >= 15 is 0 Å². The molecule has 7 heteroatoms. The first-order valence-electron chi connectivity index (χ1n) is 3.93. The van der Waals surface area contributed by atoms with Gasteiger partial charge in [0.2, 0.25) is 0 Å². The number of nitrogens with zero attached hydrogens (tertiary/aromatic N) is 2. The van der Waals surface area contributed by atoms with Crippen LogP contribution < -0.4 is 10.3 Å². The Morgan fingerprint density at radius 2 is 1.27 bits per heavy atom. The molecule has 0 spiro atoms. The highest BCUT2D eigenvalue weighted by Crippen LogP contribution is 2.04. The highest BCUT2D eigenvalue weighted by molar-refractivity contribution is 7.86. The Hall–Kier alpha value is -1.57. The van der Waals surface area contributed by atoms with E-state index in [1.165, 1.54) is 0 Å². The highest BCUT2D eigenvalue weighted by Gasteiger charge is 1.88. The minimum Gasteiger partial charge on any atom is -0.253 e. The maximum absolute atomic E-state index is 9.19. The van der Waals surface area contributed by atoms with Gasteiger partial charge in [0.05, 0.1) is 11.0 Å². The Kier molecular flexibility index (Phi) is 3.67. The van der Waals surface area contributed by atoms with Crippen molar-refractivity contribution in [1.29, 1.82) is 0 Å². The van der Waals surface area contributed by atoms with E-state index in [1.54, 1.807) is 12.4 Å². The van der Waals surface area contributed by atoms with Crippen molar-refractivity contribution < 1.29 is 8.42 Å². The van der Waals surface area contributed by atoms with Crippen molar-refractivity contribution >= 4 is 21.2 Å². The van der Waals surface area contributed by atoms with E-state index in [9.17, 15) is 8.42 Å². The van der Waals surface area contributed by atoms with Crippen molar-refractivity contribution in [2.45, 2.75) is 0 Å². The number of para-hydroxylation sites is 2. The van der Waals surface area contributed by atoms with E-state index < -0.39 is 10.2 Å². The van der Waals surface area contributed by atoms with Gasteiger partial charge >= 0.3 is 0 Å². The third-order valence-electron chi connectivity index (χ3n) is 1.38.